The van der Waals surface area contributed by atoms with E-state index in [4.69, 9.17) is 4.74 Å². The van der Waals surface area contributed by atoms with E-state index in [2.05, 4.69) is 0 Å². The molecule has 0 N–H and O–H groups in total. The van der Waals surface area contributed by atoms with Gasteiger partial charge in [0.1, 0.15) is 5.75 Å². The Hall–Kier alpha value is -2.60. The van der Waals surface area contributed by atoms with Crippen molar-refractivity contribution in [2.75, 3.05) is 17.8 Å². The summed E-state index contributed by atoms with van der Waals surface area (Å²) in [6, 6.07) is 12.0. The quantitative estimate of drug-likeness (QED) is 0.827. The summed E-state index contributed by atoms with van der Waals surface area (Å²) < 4.78 is 28.9. The number of benzene rings is 2. The molecule has 0 saturated heterocycles. The molecule has 3 rings (SSSR count). The second-order valence-corrected chi connectivity index (χ2v) is 8.33. The van der Waals surface area contributed by atoms with Crippen molar-refractivity contribution < 1.29 is 17.9 Å². The maximum absolute atomic E-state index is 13.2. The molecule has 1 atom stereocenters. The monoisotopic (exact) mass is 371 g/mol. The average Bonchev–Trinajstić information content (AvgIpc) is 2.97. The minimum Gasteiger partial charge on any atom is -0.497 e. The van der Waals surface area contributed by atoms with E-state index in [-0.39, 0.29) is 11.7 Å². The SMILES string of the molecule is COc1ccc(N(C(=O)c2ccc(C)c(C)c2)[C@@H]2C=CS(=O)(=O)C2)cc1. The molecular weight excluding hydrogens is 350 g/mol. The van der Waals surface area contributed by atoms with Gasteiger partial charge in [0.05, 0.1) is 18.9 Å². The second kappa shape index (κ2) is 6.96. The van der Waals surface area contributed by atoms with Gasteiger partial charge in [-0.05, 0) is 67.4 Å². The van der Waals surface area contributed by atoms with Gasteiger partial charge in [0.25, 0.3) is 5.91 Å². The third kappa shape index (κ3) is 3.65. The predicted molar refractivity (Wildman–Crippen MR) is 102 cm³/mol. The van der Waals surface area contributed by atoms with Crippen LogP contribution in [0.2, 0.25) is 0 Å². The number of methoxy groups -OCH3 is 1. The number of sulfone groups is 1. The standard InChI is InChI=1S/C20H21NO4S/c1-14-4-5-16(12-15(14)2)20(22)21(18-10-11-26(23,24)13-18)17-6-8-19(25-3)9-7-17/h4-12,18H,13H2,1-3H3/t18-/m1/s1. The van der Waals surface area contributed by atoms with Crippen LogP contribution in [0.25, 0.3) is 0 Å². The molecule has 0 aromatic heterocycles. The predicted octanol–water partition coefficient (Wildman–Crippen LogP) is 3.27. The fourth-order valence-electron chi connectivity index (χ4n) is 2.94. The Bertz CT molecular complexity index is 962. The molecule has 1 aliphatic heterocycles. The lowest BCUT2D eigenvalue weighted by molar-refractivity contribution is 0.0983. The van der Waals surface area contributed by atoms with Gasteiger partial charge in [0.2, 0.25) is 0 Å². The summed E-state index contributed by atoms with van der Waals surface area (Å²) in [6.07, 6.45) is 1.57. The van der Waals surface area contributed by atoms with E-state index in [1.807, 2.05) is 26.0 Å². The highest BCUT2D eigenvalue weighted by Crippen LogP contribution is 2.27. The Labute approximate surface area is 153 Å². The molecule has 0 bridgehead atoms. The molecule has 0 saturated carbocycles. The number of hydrogen-bond donors (Lipinski definition) is 0. The zero-order valence-electron chi connectivity index (χ0n) is 15.0. The topological polar surface area (TPSA) is 63.7 Å². The first-order valence-electron chi connectivity index (χ1n) is 8.26. The van der Waals surface area contributed by atoms with Crippen LogP contribution in [0.5, 0.6) is 5.75 Å². The van der Waals surface area contributed by atoms with Crippen LogP contribution in [0.3, 0.4) is 0 Å². The first-order valence-corrected chi connectivity index (χ1v) is 9.98. The zero-order chi connectivity index (χ0) is 18.9. The Balaban J connectivity index is 2.03. The van der Waals surface area contributed by atoms with Crippen molar-refractivity contribution in [2.45, 2.75) is 19.9 Å². The first kappa shape index (κ1) is 18.2. The van der Waals surface area contributed by atoms with Gasteiger partial charge in [-0.25, -0.2) is 8.42 Å². The number of aryl methyl sites for hydroxylation is 2. The number of carbonyl (C=O) groups excluding carboxylic acids is 1. The number of hydrogen-bond acceptors (Lipinski definition) is 4. The summed E-state index contributed by atoms with van der Waals surface area (Å²) in [4.78, 5) is 14.8. The van der Waals surface area contributed by atoms with Gasteiger partial charge in [-0.1, -0.05) is 6.07 Å². The molecule has 1 aliphatic rings. The lowest BCUT2D eigenvalue weighted by Gasteiger charge is -2.28. The van der Waals surface area contributed by atoms with Gasteiger partial charge in [-0.15, -0.1) is 0 Å². The largest absolute Gasteiger partial charge is 0.497 e. The minimum absolute atomic E-state index is 0.115. The fourth-order valence-corrected chi connectivity index (χ4v) is 4.20. The highest BCUT2D eigenvalue weighted by Gasteiger charge is 2.32. The molecule has 0 fully saturated rings. The van der Waals surface area contributed by atoms with Crippen molar-refractivity contribution in [3.63, 3.8) is 0 Å². The highest BCUT2D eigenvalue weighted by molar-refractivity contribution is 7.94. The van der Waals surface area contributed by atoms with Crippen LogP contribution >= 0.6 is 0 Å². The second-order valence-electron chi connectivity index (χ2n) is 6.40. The van der Waals surface area contributed by atoms with Crippen LogP contribution < -0.4 is 9.64 Å². The van der Waals surface area contributed by atoms with Crippen LogP contribution in [0.15, 0.2) is 53.9 Å². The lowest BCUT2D eigenvalue weighted by atomic mass is 10.0. The average molecular weight is 371 g/mol. The summed E-state index contributed by atoms with van der Waals surface area (Å²) in [7, 11) is -1.72. The molecule has 5 nitrogen and oxygen atoms in total. The Morgan fingerprint density at radius 2 is 1.77 bits per heavy atom. The van der Waals surface area contributed by atoms with Crippen LogP contribution in [0, 0.1) is 13.8 Å². The van der Waals surface area contributed by atoms with Crippen molar-refractivity contribution in [3.8, 4) is 5.75 Å². The van der Waals surface area contributed by atoms with Gasteiger partial charge >= 0.3 is 0 Å². The van der Waals surface area contributed by atoms with Crippen LogP contribution in [0.4, 0.5) is 5.69 Å². The molecule has 0 aliphatic carbocycles. The molecule has 0 unspecified atom stereocenters. The maximum atomic E-state index is 13.2. The van der Waals surface area contributed by atoms with Crippen molar-refractivity contribution in [3.05, 3.63) is 70.6 Å². The smallest absolute Gasteiger partial charge is 0.258 e. The number of rotatable bonds is 4. The number of nitrogens with zero attached hydrogens (tertiary/aromatic N) is 1. The Kier molecular flexibility index (Phi) is 4.87. The van der Waals surface area contributed by atoms with E-state index in [1.54, 1.807) is 43.5 Å². The summed E-state index contributed by atoms with van der Waals surface area (Å²) >= 11 is 0. The molecule has 26 heavy (non-hydrogen) atoms. The molecule has 0 spiro atoms. The van der Waals surface area contributed by atoms with Gasteiger partial charge in [-0.3, -0.25) is 4.79 Å². The van der Waals surface area contributed by atoms with Crippen LogP contribution in [-0.2, 0) is 9.84 Å². The van der Waals surface area contributed by atoms with Gasteiger partial charge < -0.3 is 9.64 Å². The molecule has 136 valence electrons. The summed E-state index contributed by atoms with van der Waals surface area (Å²) in [5, 5.41) is 1.18. The van der Waals surface area contributed by atoms with Gasteiger partial charge in [-0.2, -0.15) is 0 Å². The van der Waals surface area contributed by atoms with Crippen molar-refractivity contribution in [1.29, 1.82) is 0 Å². The van der Waals surface area contributed by atoms with E-state index >= 15 is 0 Å². The van der Waals surface area contributed by atoms with E-state index in [1.165, 1.54) is 10.3 Å². The van der Waals surface area contributed by atoms with Gasteiger partial charge in [0, 0.05) is 16.7 Å². The molecule has 2 aromatic carbocycles. The summed E-state index contributed by atoms with van der Waals surface area (Å²) in [5.74, 6) is 0.322. The summed E-state index contributed by atoms with van der Waals surface area (Å²) in [6.45, 7) is 3.93. The van der Waals surface area contributed by atoms with Crippen molar-refractivity contribution in [2.24, 2.45) is 0 Å². The molecule has 1 heterocycles. The summed E-state index contributed by atoms with van der Waals surface area (Å²) in [5.41, 5.74) is 3.27. The third-order valence-electron chi connectivity index (χ3n) is 4.57. The van der Waals surface area contributed by atoms with E-state index in [0.29, 0.717) is 17.0 Å². The number of anilines is 1. The molecule has 1 amide bonds. The number of amides is 1. The van der Waals surface area contributed by atoms with Crippen LogP contribution in [-0.4, -0.2) is 33.2 Å². The fraction of sp³-hybridized carbons (Fsp3) is 0.250. The van der Waals surface area contributed by atoms with Gasteiger partial charge in [0.15, 0.2) is 9.84 Å². The minimum atomic E-state index is -3.29. The normalized spacial score (nSPS) is 17.9. The Morgan fingerprint density at radius 3 is 2.31 bits per heavy atom. The number of ether oxygens (including phenoxy) is 1. The van der Waals surface area contributed by atoms with Crippen molar-refractivity contribution in [1.82, 2.24) is 0 Å². The molecular formula is C20H21NO4S. The van der Waals surface area contributed by atoms with E-state index in [0.717, 1.165) is 11.1 Å². The maximum Gasteiger partial charge on any atom is 0.258 e. The highest BCUT2D eigenvalue weighted by atomic mass is 32.2. The lowest BCUT2D eigenvalue weighted by Crippen LogP contribution is -2.41. The third-order valence-corrected chi connectivity index (χ3v) is 5.94. The van der Waals surface area contributed by atoms with Crippen LogP contribution in [0.1, 0.15) is 21.5 Å². The zero-order valence-corrected chi connectivity index (χ0v) is 15.8. The Morgan fingerprint density at radius 1 is 1.08 bits per heavy atom. The van der Waals surface area contributed by atoms with E-state index < -0.39 is 15.9 Å². The van der Waals surface area contributed by atoms with Crippen molar-refractivity contribution >= 4 is 21.4 Å². The molecule has 0 radical (unpaired) electrons. The van der Waals surface area contributed by atoms with E-state index in [9.17, 15) is 13.2 Å². The first-order chi connectivity index (χ1) is 12.3. The molecule has 6 heteroatoms. The molecule has 2 aromatic rings. The number of carbonyl (C=O) groups is 1.